The van der Waals surface area contributed by atoms with E-state index in [9.17, 15) is 9.59 Å². The highest BCUT2D eigenvalue weighted by molar-refractivity contribution is 6.28. The minimum atomic E-state index is -0.476. The summed E-state index contributed by atoms with van der Waals surface area (Å²) >= 11 is 0. The number of imide groups is 1. The molecule has 0 spiro atoms. The van der Waals surface area contributed by atoms with E-state index >= 15 is 0 Å². The van der Waals surface area contributed by atoms with E-state index in [2.05, 4.69) is 5.32 Å². The van der Waals surface area contributed by atoms with Gasteiger partial charge >= 0.3 is 6.03 Å². The van der Waals surface area contributed by atoms with Crippen molar-refractivity contribution in [3.8, 4) is 6.07 Å². The number of hydrogen-bond acceptors (Lipinski definition) is 3. The van der Waals surface area contributed by atoms with Crippen molar-refractivity contribution in [3.63, 3.8) is 0 Å². The number of amides is 3. The number of hydrogen-bond donors (Lipinski definition) is 1. The third-order valence-electron chi connectivity index (χ3n) is 3.24. The highest BCUT2D eigenvalue weighted by Crippen LogP contribution is 2.21. The first-order chi connectivity index (χ1) is 10.7. The van der Waals surface area contributed by atoms with Crippen molar-refractivity contribution >= 4 is 23.7 Å². The van der Waals surface area contributed by atoms with Crippen molar-refractivity contribution in [3.05, 3.63) is 71.4 Å². The van der Waals surface area contributed by atoms with E-state index in [4.69, 9.17) is 5.26 Å². The van der Waals surface area contributed by atoms with Gasteiger partial charge in [0.1, 0.15) is 5.70 Å². The number of benzene rings is 2. The van der Waals surface area contributed by atoms with Gasteiger partial charge < -0.3 is 5.32 Å². The fraction of sp³-hybridized carbons (Fsp3) is 0. The second-order valence-electron chi connectivity index (χ2n) is 4.70. The molecular weight excluding hydrogens is 278 g/mol. The number of anilines is 1. The van der Waals surface area contributed by atoms with Crippen LogP contribution < -0.4 is 10.2 Å². The molecule has 0 aromatic heterocycles. The third-order valence-corrected chi connectivity index (χ3v) is 3.24. The average molecular weight is 289 g/mol. The van der Waals surface area contributed by atoms with Gasteiger partial charge in [0.15, 0.2) is 0 Å². The molecule has 1 aliphatic rings. The summed E-state index contributed by atoms with van der Waals surface area (Å²) in [4.78, 5) is 25.5. The lowest BCUT2D eigenvalue weighted by atomic mass is 10.1. The smallest absolute Gasteiger partial charge is 0.302 e. The molecule has 2 aromatic rings. The quantitative estimate of drug-likeness (QED) is 0.682. The van der Waals surface area contributed by atoms with Crippen LogP contribution in [0.15, 0.2) is 60.3 Å². The molecule has 22 heavy (non-hydrogen) atoms. The molecule has 1 heterocycles. The summed E-state index contributed by atoms with van der Waals surface area (Å²) in [5.74, 6) is -0.402. The number of carbonyl (C=O) groups is 2. The van der Waals surface area contributed by atoms with Crippen LogP contribution in [0.4, 0.5) is 10.5 Å². The zero-order valence-electron chi connectivity index (χ0n) is 11.5. The molecule has 1 N–H and O–H groups in total. The van der Waals surface area contributed by atoms with Crippen molar-refractivity contribution in [2.45, 2.75) is 0 Å². The van der Waals surface area contributed by atoms with E-state index in [0.29, 0.717) is 11.3 Å². The highest BCUT2D eigenvalue weighted by atomic mass is 16.2. The zero-order valence-corrected chi connectivity index (χ0v) is 11.5. The molecule has 0 saturated carbocycles. The number of rotatable bonds is 2. The molecular formula is C17H11N3O2. The topological polar surface area (TPSA) is 73.2 Å². The molecule has 5 heteroatoms. The fourth-order valence-electron chi connectivity index (χ4n) is 2.17. The first-order valence-electron chi connectivity index (χ1n) is 6.61. The molecule has 3 amide bonds. The maximum absolute atomic E-state index is 12.4. The molecule has 0 unspecified atom stereocenters. The summed E-state index contributed by atoms with van der Waals surface area (Å²) in [6.45, 7) is 0. The van der Waals surface area contributed by atoms with Crippen LogP contribution in [0.1, 0.15) is 11.1 Å². The van der Waals surface area contributed by atoms with Gasteiger partial charge in [0, 0.05) is 0 Å². The first-order valence-corrected chi connectivity index (χ1v) is 6.61. The van der Waals surface area contributed by atoms with Crippen LogP contribution in [0.25, 0.3) is 6.08 Å². The summed E-state index contributed by atoms with van der Waals surface area (Å²) in [6.07, 6.45) is 1.59. The molecule has 1 saturated heterocycles. The van der Waals surface area contributed by atoms with Crippen molar-refractivity contribution in [1.29, 1.82) is 5.26 Å². The van der Waals surface area contributed by atoms with E-state index in [0.717, 1.165) is 10.5 Å². The maximum Gasteiger partial charge on any atom is 0.333 e. The van der Waals surface area contributed by atoms with E-state index < -0.39 is 11.9 Å². The van der Waals surface area contributed by atoms with E-state index in [-0.39, 0.29) is 5.70 Å². The molecule has 5 nitrogen and oxygen atoms in total. The number of nitrogens with one attached hydrogen (secondary N) is 1. The number of para-hydroxylation sites is 1. The normalized spacial score (nSPS) is 15.8. The van der Waals surface area contributed by atoms with Crippen molar-refractivity contribution in [1.82, 2.24) is 5.32 Å². The Kier molecular flexibility index (Phi) is 3.42. The number of nitriles is 1. The Morgan fingerprint density at radius 3 is 2.32 bits per heavy atom. The SMILES string of the molecule is N#Cc1ccc(/C=C2/NC(=O)N(c3ccccc3)C2=O)cc1. The Hall–Kier alpha value is -3.39. The van der Waals surface area contributed by atoms with Crippen LogP contribution in [-0.4, -0.2) is 11.9 Å². The van der Waals surface area contributed by atoms with Crippen LogP contribution in [0.3, 0.4) is 0 Å². The molecule has 0 bridgehead atoms. The number of urea groups is 1. The van der Waals surface area contributed by atoms with Crippen molar-refractivity contribution in [2.24, 2.45) is 0 Å². The third kappa shape index (κ3) is 2.45. The zero-order chi connectivity index (χ0) is 15.5. The minimum Gasteiger partial charge on any atom is -0.302 e. The van der Waals surface area contributed by atoms with Crippen LogP contribution in [0.5, 0.6) is 0 Å². The predicted octanol–water partition coefficient (Wildman–Crippen LogP) is 2.66. The maximum atomic E-state index is 12.4. The standard InChI is InChI=1S/C17H11N3O2/c18-11-13-8-6-12(7-9-13)10-15-16(21)20(17(22)19-15)14-4-2-1-3-5-14/h1-10H,(H,19,22)/b15-10+. The van der Waals surface area contributed by atoms with Gasteiger partial charge in [-0.1, -0.05) is 30.3 Å². The average Bonchev–Trinajstić information content (AvgIpc) is 2.83. The second-order valence-corrected chi connectivity index (χ2v) is 4.70. The highest BCUT2D eigenvalue weighted by Gasteiger charge is 2.34. The van der Waals surface area contributed by atoms with E-state index in [1.54, 1.807) is 54.6 Å². The number of carbonyl (C=O) groups excluding carboxylic acids is 2. The Balaban J connectivity index is 1.90. The van der Waals surface area contributed by atoms with Crippen LogP contribution in [-0.2, 0) is 4.79 Å². The van der Waals surface area contributed by atoms with Gasteiger partial charge in [-0.3, -0.25) is 4.79 Å². The Morgan fingerprint density at radius 1 is 1.00 bits per heavy atom. The van der Waals surface area contributed by atoms with Crippen molar-refractivity contribution in [2.75, 3.05) is 4.90 Å². The van der Waals surface area contributed by atoms with Gasteiger partial charge in [0.2, 0.25) is 0 Å². The molecule has 0 aliphatic carbocycles. The van der Waals surface area contributed by atoms with Crippen LogP contribution >= 0.6 is 0 Å². The lowest BCUT2D eigenvalue weighted by Gasteiger charge is -2.10. The molecule has 0 radical (unpaired) electrons. The fourth-order valence-corrected chi connectivity index (χ4v) is 2.17. The van der Waals surface area contributed by atoms with Crippen molar-refractivity contribution < 1.29 is 9.59 Å². The van der Waals surface area contributed by atoms with Gasteiger partial charge in [0.25, 0.3) is 5.91 Å². The molecule has 1 fully saturated rings. The molecule has 2 aromatic carbocycles. The summed E-state index contributed by atoms with van der Waals surface area (Å²) in [5, 5.41) is 11.3. The molecule has 1 aliphatic heterocycles. The van der Waals surface area contributed by atoms with Gasteiger partial charge in [-0.05, 0) is 35.9 Å². The largest absolute Gasteiger partial charge is 0.333 e. The lowest BCUT2D eigenvalue weighted by molar-refractivity contribution is -0.113. The predicted molar refractivity (Wildman–Crippen MR) is 81.6 cm³/mol. The first kappa shape index (κ1) is 13.6. The summed E-state index contributed by atoms with van der Waals surface area (Å²) < 4.78 is 0. The van der Waals surface area contributed by atoms with Gasteiger partial charge in [-0.25, -0.2) is 9.69 Å². The lowest BCUT2D eigenvalue weighted by Crippen LogP contribution is -2.30. The summed E-state index contributed by atoms with van der Waals surface area (Å²) in [7, 11) is 0. The second kappa shape index (κ2) is 5.54. The Morgan fingerprint density at radius 2 is 1.68 bits per heavy atom. The Bertz CT molecular complexity index is 802. The summed E-state index contributed by atoms with van der Waals surface area (Å²) in [6, 6.07) is 17.0. The molecule has 0 atom stereocenters. The molecule has 3 rings (SSSR count). The number of nitrogens with zero attached hydrogens (tertiary/aromatic N) is 2. The van der Waals surface area contributed by atoms with Gasteiger partial charge in [-0.2, -0.15) is 5.26 Å². The van der Waals surface area contributed by atoms with E-state index in [1.165, 1.54) is 0 Å². The Labute approximate surface area is 127 Å². The van der Waals surface area contributed by atoms with Gasteiger partial charge in [-0.15, -0.1) is 0 Å². The van der Waals surface area contributed by atoms with E-state index in [1.807, 2.05) is 12.1 Å². The van der Waals surface area contributed by atoms with Gasteiger partial charge in [0.05, 0.1) is 17.3 Å². The van der Waals surface area contributed by atoms with Crippen LogP contribution in [0, 0.1) is 11.3 Å². The molecule has 106 valence electrons. The minimum absolute atomic E-state index is 0.207. The summed E-state index contributed by atoms with van der Waals surface area (Å²) in [5.41, 5.74) is 2.00. The monoisotopic (exact) mass is 289 g/mol. The van der Waals surface area contributed by atoms with Crippen LogP contribution in [0.2, 0.25) is 0 Å².